The van der Waals surface area contributed by atoms with Crippen molar-refractivity contribution in [2.45, 2.75) is 60.1 Å². The van der Waals surface area contributed by atoms with Crippen LogP contribution in [0.3, 0.4) is 0 Å². The van der Waals surface area contributed by atoms with E-state index in [2.05, 4.69) is 93.5 Å². The molecule has 150 valence electrons. The quantitative estimate of drug-likeness (QED) is 0.558. The number of benzene rings is 1. The Morgan fingerprint density at radius 2 is 1.73 bits per heavy atom. The van der Waals surface area contributed by atoms with Gasteiger partial charge in [0.2, 0.25) is 0 Å². The maximum atomic E-state index is 6.28. The molecule has 0 heterocycles. The Labute approximate surface area is 176 Å². The van der Waals surface area contributed by atoms with E-state index in [-0.39, 0.29) is 30.4 Å². The van der Waals surface area contributed by atoms with Crippen LogP contribution in [-0.2, 0) is 18.7 Å². The first-order chi connectivity index (χ1) is 10.8. The molecule has 1 N–H and O–H groups in total. The molecule has 1 atom stereocenters. The van der Waals surface area contributed by atoms with Crippen molar-refractivity contribution in [2.75, 3.05) is 6.61 Å². The average molecular weight is 470 g/mol. The topological polar surface area (TPSA) is 21.3 Å². The summed E-state index contributed by atoms with van der Waals surface area (Å²) in [5.74, 6) is 0. The van der Waals surface area contributed by atoms with Gasteiger partial charge in [-0.1, -0.05) is 0 Å². The molecule has 7 heteroatoms. The van der Waals surface area contributed by atoms with Crippen LogP contribution in [-0.4, -0.2) is 28.1 Å². The molecular weight excluding hydrogens is 433 g/mol. The van der Waals surface area contributed by atoms with Crippen LogP contribution in [0.25, 0.3) is 6.08 Å². The molecule has 0 aromatic heterocycles. The first kappa shape index (κ1) is 26.6. The molecule has 26 heavy (non-hydrogen) atoms. The molecule has 0 bridgehead atoms. The SMILES string of the molecule is CC(C)(C)[NH][Ti]([CH3])(=[SiH2])([CH2]CO[Si](C)(C)C)[CH]1C=Cc2ccccc21.Cl.Cl. The van der Waals surface area contributed by atoms with Crippen molar-refractivity contribution in [1.29, 1.82) is 0 Å². The summed E-state index contributed by atoms with van der Waals surface area (Å²) in [6.45, 7) is 14.6. The van der Waals surface area contributed by atoms with Gasteiger partial charge in [0.25, 0.3) is 0 Å². The second-order valence-corrected chi connectivity index (χ2v) is 32.2. The maximum absolute atomic E-state index is 6.28. The predicted octanol–water partition coefficient (Wildman–Crippen LogP) is 5.46. The molecule has 1 aromatic carbocycles. The van der Waals surface area contributed by atoms with Crippen LogP contribution in [0.5, 0.6) is 0 Å². The Morgan fingerprint density at radius 1 is 1.15 bits per heavy atom. The fourth-order valence-electron chi connectivity index (χ4n) is 4.04. The number of hydrogen-bond donors (Lipinski definition) is 1. The van der Waals surface area contributed by atoms with Crippen molar-refractivity contribution in [1.82, 2.24) is 3.80 Å². The van der Waals surface area contributed by atoms with E-state index in [0.29, 0.717) is 4.22 Å². The van der Waals surface area contributed by atoms with E-state index in [9.17, 15) is 0 Å². The fraction of sp³-hybridized carbons (Fsp3) is 0.579. The molecule has 0 saturated heterocycles. The molecular formula is C19H37Cl2NOSi2Ti. The van der Waals surface area contributed by atoms with Gasteiger partial charge in [0.15, 0.2) is 0 Å². The zero-order valence-electron chi connectivity index (χ0n) is 17.4. The van der Waals surface area contributed by atoms with Gasteiger partial charge in [0, 0.05) is 0 Å². The molecule has 1 aliphatic rings. The van der Waals surface area contributed by atoms with Crippen molar-refractivity contribution in [3.05, 3.63) is 41.5 Å². The van der Waals surface area contributed by atoms with Crippen LogP contribution in [0.15, 0.2) is 30.3 Å². The van der Waals surface area contributed by atoms with Crippen LogP contribution in [0, 0.1) is 0 Å². The molecule has 0 aliphatic heterocycles. The number of nitrogens with one attached hydrogen (secondary N) is 1. The minimum Gasteiger partial charge on any atom is -0.147 e. The van der Waals surface area contributed by atoms with Crippen molar-refractivity contribution in [3.63, 3.8) is 0 Å². The summed E-state index contributed by atoms with van der Waals surface area (Å²) >= 11 is -3.03. The third kappa shape index (κ3) is 6.89. The van der Waals surface area contributed by atoms with Gasteiger partial charge < -0.3 is 0 Å². The summed E-state index contributed by atoms with van der Waals surface area (Å²) < 4.78 is 12.2. The van der Waals surface area contributed by atoms with Crippen LogP contribution in [0.2, 0.25) is 29.6 Å². The molecule has 0 radical (unpaired) electrons. The monoisotopic (exact) mass is 469 g/mol. The Hall–Kier alpha value is 0.608. The molecule has 0 saturated carbocycles. The number of hydrogen-bond acceptors (Lipinski definition) is 2. The van der Waals surface area contributed by atoms with E-state index in [4.69, 9.17) is 4.43 Å². The normalized spacial score (nSPS) is 17.3. The van der Waals surface area contributed by atoms with E-state index in [1.807, 2.05) is 0 Å². The molecule has 1 unspecified atom stereocenters. The summed E-state index contributed by atoms with van der Waals surface area (Å²) in [4.78, 5) is 0. The second kappa shape index (κ2) is 8.96. The summed E-state index contributed by atoms with van der Waals surface area (Å²) in [6, 6.07) is 8.90. The van der Waals surface area contributed by atoms with Gasteiger partial charge >= 0.3 is 153 Å². The van der Waals surface area contributed by atoms with E-state index in [1.165, 1.54) is 15.9 Å². The minimum absolute atomic E-state index is 0. The first-order valence-electron chi connectivity index (χ1n) is 9.06. The molecule has 1 aliphatic carbocycles. The Kier molecular flexibility index (Phi) is 9.17. The summed E-state index contributed by atoms with van der Waals surface area (Å²) in [6.07, 6.45) is 4.78. The second-order valence-electron chi connectivity index (χ2n) is 9.95. The number of rotatable bonds is 6. The van der Waals surface area contributed by atoms with Gasteiger partial charge in [-0.3, -0.25) is 0 Å². The molecule has 0 amide bonds. The van der Waals surface area contributed by atoms with Crippen LogP contribution in [0.4, 0.5) is 0 Å². The van der Waals surface area contributed by atoms with Crippen molar-refractivity contribution in [2.24, 2.45) is 0 Å². The van der Waals surface area contributed by atoms with Gasteiger partial charge in [0.05, 0.1) is 0 Å². The Balaban J connectivity index is 0.00000312. The zero-order valence-corrected chi connectivity index (χ0v) is 23.0. The third-order valence-electron chi connectivity index (χ3n) is 4.79. The maximum Gasteiger partial charge on any atom is -0.147 e. The molecule has 1 aromatic rings. The average Bonchev–Trinajstić information content (AvgIpc) is 2.79. The predicted molar refractivity (Wildman–Crippen MR) is 124 cm³/mol. The smallest absolute Gasteiger partial charge is 0.147 e. The van der Waals surface area contributed by atoms with E-state index in [0.717, 1.165) is 6.61 Å². The number of fused-ring (bicyclic) bond motifs is 1. The van der Waals surface area contributed by atoms with Gasteiger partial charge in [-0.05, 0) is 0 Å². The Morgan fingerprint density at radius 3 is 2.27 bits per heavy atom. The first-order valence-corrected chi connectivity index (χ1v) is 20.8. The van der Waals surface area contributed by atoms with Crippen LogP contribution < -0.4 is 3.80 Å². The molecule has 0 fully saturated rings. The molecule has 2 rings (SSSR count). The third-order valence-corrected chi connectivity index (χ3v) is 18.3. The van der Waals surface area contributed by atoms with Crippen molar-refractivity contribution >= 4 is 46.8 Å². The summed E-state index contributed by atoms with van der Waals surface area (Å²) in [7, 11) is 0.825. The van der Waals surface area contributed by atoms with Crippen molar-refractivity contribution in [3.8, 4) is 0 Å². The molecule has 2 nitrogen and oxygen atoms in total. The van der Waals surface area contributed by atoms with Crippen LogP contribution >= 0.6 is 24.8 Å². The van der Waals surface area contributed by atoms with E-state index in [1.54, 1.807) is 0 Å². The van der Waals surface area contributed by atoms with Gasteiger partial charge in [-0.2, -0.15) is 0 Å². The van der Waals surface area contributed by atoms with E-state index >= 15 is 0 Å². The van der Waals surface area contributed by atoms with E-state index < -0.39 is 22.6 Å². The number of allylic oxidation sites excluding steroid dienone is 1. The summed E-state index contributed by atoms with van der Waals surface area (Å²) in [5, 5.41) is 2.57. The molecule has 0 spiro atoms. The van der Waals surface area contributed by atoms with Gasteiger partial charge in [-0.25, -0.2) is 0 Å². The zero-order chi connectivity index (χ0) is 18.3. The van der Waals surface area contributed by atoms with Gasteiger partial charge in [-0.15, -0.1) is 24.8 Å². The fourth-order valence-corrected chi connectivity index (χ4v) is 17.7. The standard InChI is InChI=1S/C9H7.C5H13OSi.C4H10N.CH3.2ClH.H2Si.Ti/c1-2-5-9-7-3-6-8(9)4-1;1-5-6-7(2,3)4;1-4(2,3)5;;;;;/h1-7H;1,5H2,2-4H3;5H,1-3H3;1H3;2*1H;1H2;/q;;-1;;;;;+1. The largest absolute Gasteiger partial charge is 0.147 e. The minimum atomic E-state index is -3.03. The van der Waals surface area contributed by atoms with Gasteiger partial charge in [0.1, 0.15) is 0 Å². The summed E-state index contributed by atoms with van der Waals surface area (Å²) in [5.41, 5.74) is 3.03. The number of halogens is 2. The Bertz CT molecular complexity index is 710. The van der Waals surface area contributed by atoms with Crippen molar-refractivity contribution < 1.29 is 18.7 Å². The van der Waals surface area contributed by atoms with Crippen LogP contribution in [0.1, 0.15) is 36.1 Å².